The largest absolute Gasteiger partial charge is 0.465 e. The predicted molar refractivity (Wildman–Crippen MR) is 75.9 cm³/mol. The van der Waals surface area contributed by atoms with E-state index in [9.17, 15) is 14.4 Å². The minimum absolute atomic E-state index is 0.0577. The van der Waals surface area contributed by atoms with Crippen LogP contribution in [0.5, 0.6) is 0 Å². The number of hydrogen-bond donors (Lipinski definition) is 0. The van der Waals surface area contributed by atoms with Crippen LogP contribution in [0.2, 0.25) is 0 Å². The first-order chi connectivity index (χ1) is 9.02. The third-order valence-electron chi connectivity index (χ3n) is 2.88. The predicted octanol–water partition coefficient (Wildman–Crippen LogP) is 0.758. The van der Waals surface area contributed by atoms with Crippen LogP contribution in [0.1, 0.15) is 27.7 Å². The minimum atomic E-state index is -0.914. The van der Waals surface area contributed by atoms with Crippen LogP contribution in [0.4, 0.5) is 0 Å². The zero-order chi connectivity index (χ0) is 16.1. The molecule has 0 saturated carbocycles. The van der Waals surface area contributed by atoms with Crippen LogP contribution >= 0.6 is 0 Å². The highest BCUT2D eigenvalue weighted by Gasteiger charge is 2.40. The van der Waals surface area contributed by atoms with Crippen molar-refractivity contribution in [3.05, 3.63) is 0 Å². The molecule has 0 radical (unpaired) electrons. The summed E-state index contributed by atoms with van der Waals surface area (Å²) in [6.45, 7) is 7.26. The first-order valence-electron chi connectivity index (χ1n) is 6.64. The smallest absolute Gasteiger partial charge is 0.319 e. The topological polar surface area (TPSA) is 66.9 Å². The van der Waals surface area contributed by atoms with Gasteiger partial charge in [-0.25, -0.2) is 0 Å². The molecule has 6 nitrogen and oxygen atoms in total. The zero-order valence-corrected chi connectivity index (χ0v) is 13.5. The standard InChI is InChI=1S/C14H26N2O4/c1-8-20-13(19)11(14(2,3)4)12(18)16(7)9-10(17)15(5)6/h11H,8-9H2,1-7H3. The second-order valence-electron chi connectivity index (χ2n) is 6.03. The van der Waals surface area contributed by atoms with Gasteiger partial charge in [0.1, 0.15) is 5.92 Å². The fourth-order valence-electron chi connectivity index (χ4n) is 1.69. The lowest BCUT2D eigenvalue weighted by atomic mass is 9.80. The Morgan fingerprint density at radius 2 is 1.60 bits per heavy atom. The molecule has 0 heterocycles. The van der Waals surface area contributed by atoms with Crippen molar-refractivity contribution in [3.63, 3.8) is 0 Å². The highest BCUT2D eigenvalue weighted by molar-refractivity contribution is 5.99. The van der Waals surface area contributed by atoms with Crippen LogP contribution in [0.15, 0.2) is 0 Å². The van der Waals surface area contributed by atoms with Gasteiger partial charge in [0.05, 0.1) is 13.2 Å². The average molecular weight is 286 g/mol. The van der Waals surface area contributed by atoms with Crippen LogP contribution in [-0.2, 0) is 19.1 Å². The Labute approximate surface area is 121 Å². The Kier molecular flexibility index (Phi) is 6.68. The molecular formula is C14H26N2O4. The van der Waals surface area contributed by atoms with E-state index in [1.807, 2.05) is 0 Å². The molecular weight excluding hydrogens is 260 g/mol. The molecule has 0 spiro atoms. The lowest BCUT2D eigenvalue weighted by Crippen LogP contribution is -2.47. The first kappa shape index (κ1) is 18.4. The van der Waals surface area contributed by atoms with Gasteiger partial charge >= 0.3 is 5.97 Å². The van der Waals surface area contributed by atoms with E-state index in [0.29, 0.717) is 0 Å². The summed E-state index contributed by atoms with van der Waals surface area (Å²) in [6.07, 6.45) is 0. The zero-order valence-electron chi connectivity index (χ0n) is 13.5. The molecule has 0 aromatic rings. The highest BCUT2D eigenvalue weighted by Crippen LogP contribution is 2.28. The van der Waals surface area contributed by atoms with Crippen LogP contribution in [0.25, 0.3) is 0 Å². The van der Waals surface area contributed by atoms with Gasteiger partial charge in [-0.15, -0.1) is 0 Å². The number of amides is 2. The van der Waals surface area contributed by atoms with Gasteiger partial charge in [-0.3, -0.25) is 14.4 Å². The van der Waals surface area contributed by atoms with Crippen molar-refractivity contribution >= 4 is 17.8 Å². The van der Waals surface area contributed by atoms with Crippen molar-refractivity contribution in [2.75, 3.05) is 34.3 Å². The second kappa shape index (κ2) is 7.26. The van der Waals surface area contributed by atoms with Crippen molar-refractivity contribution in [1.29, 1.82) is 0 Å². The van der Waals surface area contributed by atoms with E-state index >= 15 is 0 Å². The van der Waals surface area contributed by atoms with Gasteiger partial charge in [0, 0.05) is 21.1 Å². The lowest BCUT2D eigenvalue weighted by molar-refractivity contribution is -0.161. The van der Waals surface area contributed by atoms with Crippen molar-refractivity contribution in [2.45, 2.75) is 27.7 Å². The van der Waals surface area contributed by atoms with Crippen LogP contribution in [0.3, 0.4) is 0 Å². The molecule has 0 N–H and O–H groups in total. The van der Waals surface area contributed by atoms with Crippen LogP contribution in [0, 0.1) is 11.3 Å². The van der Waals surface area contributed by atoms with E-state index < -0.39 is 23.2 Å². The molecule has 0 rings (SSSR count). The Morgan fingerprint density at radius 3 is 1.95 bits per heavy atom. The summed E-state index contributed by atoms with van der Waals surface area (Å²) >= 11 is 0. The van der Waals surface area contributed by atoms with E-state index in [0.717, 1.165) is 0 Å². The third-order valence-corrected chi connectivity index (χ3v) is 2.88. The van der Waals surface area contributed by atoms with Crippen molar-refractivity contribution < 1.29 is 19.1 Å². The summed E-state index contributed by atoms with van der Waals surface area (Å²) in [5.74, 6) is -2.06. The molecule has 0 aliphatic carbocycles. The number of hydrogen-bond acceptors (Lipinski definition) is 4. The summed E-state index contributed by atoms with van der Waals surface area (Å²) in [6, 6.07) is 0. The van der Waals surface area contributed by atoms with Gasteiger partial charge < -0.3 is 14.5 Å². The molecule has 0 fully saturated rings. The maximum absolute atomic E-state index is 12.4. The molecule has 0 aliphatic rings. The SMILES string of the molecule is CCOC(=O)C(C(=O)N(C)CC(=O)N(C)C)C(C)(C)C. The number of carbonyl (C=O) groups excluding carboxylic acids is 3. The highest BCUT2D eigenvalue weighted by atomic mass is 16.5. The molecule has 0 aliphatic heterocycles. The molecule has 0 aromatic carbocycles. The molecule has 1 unspecified atom stereocenters. The molecule has 20 heavy (non-hydrogen) atoms. The maximum atomic E-state index is 12.4. The van der Waals surface area contributed by atoms with Gasteiger partial charge in [0.15, 0.2) is 0 Å². The summed E-state index contributed by atoms with van der Waals surface area (Å²) in [5, 5.41) is 0. The Balaban J connectivity index is 5.05. The second-order valence-corrected chi connectivity index (χ2v) is 6.03. The first-order valence-corrected chi connectivity index (χ1v) is 6.64. The summed E-state index contributed by atoms with van der Waals surface area (Å²) in [7, 11) is 4.75. The molecule has 1 atom stereocenters. The van der Waals surface area contributed by atoms with Gasteiger partial charge in [0.2, 0.25) is 11.8 Å². The summed E-state index contributed by atoms with van der Waals surface area (Å²) < 4.78 is 4.97. The van der Waals surface area contributed by atoms with E-state index in [1.165, 1.54) is 16.8 Å². The fraction of sp³-hybridized carbons (Fsp3) is 0.786. The summed E-state index contributed by atoms with van der Waals surface area (Å²) in [5.41, 5.74) is -0.571. The van der Waals surface area contributed by atoms with Crippen molar-refractivity contribution in [1.82, 2.24) is 9.80 Å². The average Bonchev–Trinajstić information content (AvgIpc) is 2.26. The maximum Gasteiger partial charge on any atom is 0.319 e. The van der Waals surface area contributed by atoms with Crippen molar-refractivity contribution in [2.24, 2.45) is 11.3 Å². The van der Waals surface area contributed by atoms with Gasteiger partial charge in [-0.1, -0.05) is 20.8 Å². The Morgan fingerprint density at radius 1 is 1.10 bits per heavy atom. The van der Waals surface area contributed by atoms with Crippen LogP contribution in [-0.4, -0.2) is 61.9 Å². The van der Waals surface area contributed by atoms with Crippen LogP contribution < -0.4 is 0 Å². The van der Waals surface area contributed by atoms with Gasteiger partial charge in [0.25, 0.3) is 0 Å². The Hall–Kier alpha value is -1.59. The van der Waals surface area contributed by atoms with E-state index in [-0.39, 0.29) is 19.1 Å². The lowest BCUT2D eigenvalue weighted by Gasteiger charge is -2.31. The number of carbonyl (C=O) groups is 3. The molecule has 6 heteroatoms. The third kappa shape index (κ3) is 5.19. The van der Waals surface area contributed by atoms with E-state index in [2.05, 4.69) is 0 Å². The Bertz CT molecular complexity index is 372. The van der Waals surface area contributed by atoms with Crippen molar-refractivity contribution in [3.8, 4) is 0 Å². The monoisotopic (exact) mass is 286 g/mol. The fourth-order valence-corrected chi connectivity index (χ4v) is 1.69. The summed E-state index contributed by atoms with van der Waals surface area (Å²) in [4.78, 5) is 38.7. The minimum Gasteiger partial charge on any atom is -0.465 e. The number of nitrogens with zero attached hydrogens (tertiary/aromatic N) is 2. The number of ether oxygens (including phenoxy) is 1. The molecule has 2 amide bonds. The van der Waals surface area contributed by atoms with Gasteiger partial charge in [-0.05, 0) is 12.3 Å². The molecule has 116 valence electrons. The quantitative estimate of drug-likeness (QED) is 0.553. The molecule has 0 bridgehead atoms. The van der Waals surface area contributed by atoms with Gasteiger partial charge in [-0.2, -0.15) is 0 Å². The number of likely N-dealkylation sites (N-methyl/N-ethyl adjacent to an activating group) is 2. The number of esters is 1. The van der Waals surface area contributed by atoms with E-state index in [4.69, 9.17) is 4.74 Å². The number of rotatable bonds is 5. The normalized spacial score (nSPS) is 12.6. The molecule has 0 saturated heterocycles. The van der Waals surface area contributed by atoms with E-state index in [1.54, 1.807) is 41.8 Å². The molecule has 0 aromatic heterocycles.